The highest BCUT2D eigenvalue weighted by Crippen LogP contribution is 2.41. The molecule has 2 aliphatic heterocycles. The van der Waals surface area contributed by atoms with Crippen LogP contribution in [-0.2, 0) is 4.74 Å². The van der Waals surface area contributed by atoms with E-state index in [9.17, 15) is 35.9 Å². The number of H-pyrrole nitrogens is 1. The number of amides is 2. The molecule has 2 amide bonds. The summed E-state index contributed by atoms with van der Waals surface area (Å²) < 4.78 is 80.3. The zero-order valence-corrected chi connectivity index (χ0v) is 19.3. The molecule has 192 valence electrons. The molecule has 13 heteroatoms. The Bertz CT molecular complexity index is 1120. The van der Waals surface area contributed by atoms with Crippen molar-refractivity contribution in [1.29, 1.82) is 0 Å². The van der Waals surface area contributed by atoms with Crippen LogP contribution in [-0.4, -0.2) is 70.4 Å². The minimum absolute atomic E-state index is 0.133. The molecule has 6 nitrogen and oxygen atoms in total. The van der Waals surface area contributed by atoms with Gasteiger partial charge >= 0.3 is 18.4 Å². The number of ether oxygens (including phenoxy) is 1. The van der Waals surface area contributed by atoms with E-state index in [2.05, 4.69) is 9.72 Å². The highest BCUT2D eigenvalue weighted by atomic mass is 35.5. The van der Waals surface area contributed by atoms with Crippen LogP contribution in [0.3, 0.4) is 0 Å². The maximum absolute atomic E-state index is 13.5. The van der Waals surface area contributed by atoms with Crippen LogP contribution in [0.15, 0.2) is 18.2 Å². The molecule has 0 atom stereocenters. The van der Waals surface area contributed by atoms with Gasteiger partial charge in [-0.15, -0.1) is 0 Å². The number of carbonyl (C=O) groups excluding carboxylic acids is 2. The van der Waals surface area contributed by atoms with E-state index in [0.717, 1.165) is 21.4 Å². The molecule has 35 heavy (non-hydrogen) atoms. The standard InChI is InChI=1S/C22H22ClF6N3O3/c1-12-14-11-13(23)3-4-15(14)30-16(12)17(33)32-8-2-5-20(32)6-9-31(10-7-20)19(34)35-18(21(24,25)26)22(27,28)29/h3-4,11,18,30H,2,5-10H2,1H3. The maximum Gasteiger partial charge on any atom is 0.434 e. The van der Waals surface area contributed by atoms with Gasteiger partial charge in [-0.25, -0.2) is 4.79 Å². The minimum atomic E-state index is -5.78. The Morgan fingerprint density at radius 3 is 2.29 bits per heavy atom. The predicted octanol–water partition coefficient (Wildman–Crippen LogP) is 5.83. The van der Waals surface area contributed by atoms with E-state index in [-0.39, 0.29) is 31.8 Å². The summed E-state index contributed by atoms with van der Waals surface area (Å²) >= 11 is 6.07. The third kappa shape index (κ3) is 4.76. The highest BCUT2D eigenvalue weighted by molar-refractivity contribution is 6.31. The van der Waals surface area contributed by atoms with Crippen molar-refractivity contribution >= 4 is 34.5 Å². The Balaban J connectivity index is 1.48. The number of benzene rings is 1. The van der Waals surface area contributed by atoms with Crippen molar-refractivity contribution in [3.8, 4) is 0 Å². The summed E-state index contributed by atoms with van der Waals surface area (Å²) in [5.74, 6) is -0.252. The molecule has 3 heterocycles. The smallest absolute Gasteiger partial charge is 0.426 e. The maximum atomic E-state index is 13.5. The Morgan fingerprint density at radius 1 is 1.06 bits per heavy atom. The number of fused-ring (bicyclic) bond motifs is 1. The average molecular weight is 526 g/mol. The number of aromatic amines is 1. The lowest BCUT2D eigenvalue weighted by Gasteiger charge is -2.44. The van der Waals surface area contributed by atoms with Gasteiger partial charge in [0.15, 0.2) is 0 Å². The van der Waals surface area contributed by atoms with Gasteiger partial charge in [-0.05, 0) is 56.4 Å². The predicted molar refractivity (Wildman–Crippen MR) is 114 cm³/mol. The normalized spacial score (nSPS) is 18.7. The van der Waals surface area contributed by atoms with Crippen LogP contribution in [0.5, 0.6) is 0 Å². The monoisotopic (exact) mass is 525 g/mol. The Morgan fingerprint density at radius 2 is 1.69 bits per heavy atom. The summed E-state index contributed by atoms with van der Waals surface area (Å²) in [7, 11) is 0. The number of aromatic nitrogens is 1. The van der Waals surface area contributed by atoms with E-state index >= 15 is 0 Å². The average Bonchev–Trinajstić information content (AvgIpc) is 3.31. The van der Waals surface area contributed by atoms with Crippen molar-refractivity contribution in [3.05, 3.63) is 34.5 Å². The number of carbonyl (C=O) groups is 2. The SMILES string of the molecule is Cc1c(C(=O)N2CCCC23CCN(C(=O)OC(C(F)(F)F)C(F)(F)F)CC3)[nH]c2ccc(Cl)cc12. The van der Waals surface area contributed by atoms with E-state index in [1.807, 2.05) is 0 Å². The molecule has 2 aromatic rings. The van der Waals surface area contributed by atoms with E-state index in [0.29, 0.717) is 30.1 Å². The first-order chi connectivity index (χ1) is 16.2. The lowest BCUT2D eigenvalue weighted by Crippen LogP contribution is -2.56. The molecule has 0 aliphatic carbocycles. The first-order valence-electron chi connectivity index (χ1n) is 10.9. The molecule has 0 unspecified atom stereocenters. The number of piperidine rings is 1. The third-order valence-corrected chi connectivity index (χ3v) is 7.08. The fourth-order valence-electron chi connectivity index (χ4n) is 5.02. The van der Waals surface area contributed by atoms with Gasteiger partial charge in [0.2, 0.25) is 0 Å². The van der Waals surface area contributed by atoms with Crippen molar-refractivity contribution in [3.63, 3.8) is 0 Å². The molecule has 2 fully saturated rings. The molecule has 2 saturated heterocycles. The number of rotatable bonds is 2. The second kappa shape index (κ2) is 8.79. The van der Waals surface area contributed by atoms with Crippen LogP contribution in [0.4, 0.5) is 31.1 Å². The van der Waals surface area contributed by atoms with Crippen molar-refractivity contribution in [2.45, 2.75) is 56.6 Å². The topological polar surface area (TPSA) is 65.6 Å². The number of nitrogens with one attached hydrogen (secondary N) is 1. The van der Waals surface area contributed by atoms with Crippen molar-refractivity contribution in [2.24, 2.45) is 0 Å². The Kier molecular flexibility index (Phi) is 6.40. The summed E-state index contributed by atoms with van der Waals surface area (Å²) in [6, 6.07) is 5.21. The number of nitrogens with zero attached hydrogens (tertiary/aromatic N) is 2. The second-order valence-corrected chi connectivity index (χ2v) is 9.37. The van der Waals surface area contributed by atoms with Crippen LogP contribution < -0.4 is 0 Å². The molecule has 0 saturated carbocycles. The van der Waals surface area contributed by atoms with Crippen LogP contribution in [0.1, 0.15) is 41.7 Å². The van der Waals surface area contributed by atoms with Crippen LogP contribution >= 0.6 is 11.6 Å². The number of hydrogen-bond acceptors (Lipinski definition) is 3. The molecular formula is C22H22ClF6N3O3. The molecule has 0 radical (unpaired) electrons. The lowest BCUT2D eigenvalue weighted by atomic mass is 9.85. The summed E-state index contributed by atoms with van der Waals surface area (Å²) in [5.41, 5.74) is 1.21. The van der Waals surface area contributed by atoms with Crippen molar-refractivity contribution < 1.29 is 40.7 Å². The first-order valence-corrected chi connectivity index (χ1v) is 11.3. The van der Waals surface area contributed by atoms with Gasteiger partial charge in [0.1, 0.15) is 5.69 Å². The molecule has 1 N–H and O–H groups in total. The van der Waals surface area contributed by atoms with Crippen molar-refractivity contribution in [1.82, 2.24) is 14.8 Å². The number of hydrogen-bond donors (Lipinski definition) is 1. The van der Waals surface area contributed by atoms with Crippen molar-refractivity contribution in [2.75, 3.05) is 19.6 Å². The van der Waals surface area contributed by atoms with E-state index in [1.54, 1.807) is 30.0 Å². The quantitative estimate of drug-likeness (QED) is 0.502. The Labute approximate surface area is 201 Å². The second-order valence-electron chi connectivity index (χ2n) is 8.93. The van der Waals surface area contributed by atoms with Gasteiger partial charge in [-0.2, -0.15) is 26.3 Å². The van der Waals surface area contributed by atoms with Gasteiger partial charge in [0, 0.05) is 41.1 Å². The largest absolute Gasteiger partial charge is 0.434 e. The Hall–Kier alpha value is -2.63. The fourth-order valence-corrected chi connectivity index (χ4v) is 5.20. The fraction of sp³-hybridized carbons (Fsp3) is 0.545. The molecular weight excluding hydrogens is 504 g/mol. The van der Waals surface area contributed by atoms with E-state index in [4.69, 9.17) is 11.6 Å². The van der Waals surface area contributed by atoms with Crippen LogP contribution in [0.25, 0.3) is 10.9 Å². The van der Waals surface area contributed by atoms with E-state index < -0.39 is 30.1 Å². The summed E-state index contributed by atoms with van der Waals surface area (Å²) in [5, 5.41) is 1.32. The zero-order valence-electron chi connectivity index (χ0n) is 18.5. The molecule has 0 bridgehead atoms. The van der Waals surface area contributed by atoms with E-state index in [1.165, 1.54) is 0 Å². The number of alkyl halides is 6. The summed E-state index contributed by atoms with van der Waals surface area (Å²) in [4.78, 5) is 31.2. The molecule has 1 aromatic heterocycles. The van der Waals surface area contributed by atoms with Gasteiger partial charge in [-0.3, -0.25) is 4.79 Å². The highest BCUT2D eigenvalue weighted by Gasteiger charge is 2.60. The van der Waals surface area contributed by atoms with Crippen LogP contribution in [0, 0.1) is 6.92 Å². The minimum Gasteiger partial charge on any atom is -0.426 e. The van der Waals surface area contributed by atoms with Gasteiger partial charge in [-0.1, -0.05) is 11.6 Å². The van der Waals surface area contributed by atoms with Gasteiger partial charge in [0.25, 0.3) is 12.0 Å². The molecule has 1 aromatic carbocycles. The molecule has 4 rings (SSSR count). The molecule has 2 aliphatic rings. The molecule has 1 spiro atoms. The van der Waals surface area contributed by atoms with Crippen LogP contribution in [0.2, 0.25) is 5.02 Å². The number of halogens is 7. The first kappa shape index (κ1) is 25.5. The lowest BCUT2D eigenvalue weighted by molar-refractivity contribution is -0.308. The third-order valence-electron chi connectivity index (χ3n) is 6.84. The van der Waals surface area contributed by atoms with Gasteiger partial charge in [0.05, 0.1) is 0 Å². The van der Waals surface area contributed by atoms with Gasteiger partial charge < -0.3 is 19.5 Å². The summed E-state index contributed by atoms with van der Waals surface area (Å²) in [6.45, 7) is 1.98. The summed E-state index contributed by atoms with van der Waals surface area (Å²) in [6.07, 6.45) is -15.7. The number of aryl methyl sites for hydroxylation is 1. The number of likely N-dealkylation sites (tertiary alicyclic amines) is 2. The zero-order chi connectivity index (χ0) is 25.8.